The van der Waals surface area contributed by atoms with Crippen LogP contribution < -0.4 is 5.32 Å². The number of carbonyl (C=O) groups is 1. The second-order valence-corrected chi connectivity index (χ2v) is 6.67. The number of amides is 1. The summed E-state index contributed by atoms with van der Waals surface area (Å²) in [6, 6.07) is 3.90. The van der Waals surface area contributed by atoms with Crippen LogP contribution in [-0.2, 0) is 0 Å². The Morgan fingerprint density at radius 3 is 2.87 bits per heavy atom. The van der Waals surface area contributed by atoms with Crippen LogP contribution in [0.4, 0.5) is 8.78 Å². The van der Waals surface area contributed by atoms with E-state index in [2.05, 4.69) is 10.3 Å². The molecular formula is C16H17F2N3OS. The molecule has 122 valence electrons. The summed E-state index contributed by atoms with van der Waals surface area (Å²) < 4.78 is 26.4. The Kier molecular flexibility index (Phi) is 4.41. The lowest BCUT2D eigenvalue weighted by atomic mass is 10.2. The van der Waals surface area contributed by atoms with Gasteiger partial charge >= 0.3 is 0 Å². The Morgan fingerprint density at radius 1 is 1.39 bits per heavy atom. The van der Waals surface area contributed by atoms with Crippen molar-refractivity contribution in [1.82, 2.24) is 15.2 Å². The lowest BCUT2D eigenvalue weighted by Crippen LogP contribution is -2.51. The van der Waals surface area contributed by atoms with Crippen molar-refractivity contribution in [2.45, 2.75) is 19.9 Å². The highest BCUT2D eigenvalue weighted by Gasteiger charge is 2.25. The molecule has 1 amide bonds. The van der Waals surface area contributed by atoms with Crippen LogP contribution in [0.3, 0.4) is 0 Å². The molecule has 2 heterocycles. The first-order valence-corrected chi connectivity index (χ1v) is 8.23. The summed E-state index contributed by atoms with van der Waals surface area (Å²) in [7, 11) is 0. The number of rotatable bonds is 2. The summed E-state index contributed by atoms with van der Waals surface area (Å²) in [5.41, 5.74) is 1.09. The van der Waals surface area contributed by atoms with Crippen LogP contribution in [0.1, 0.15) is 22.3 Å². The minimum absolute atomic E-state index is 0.0535. The molecule has 3 rings (SSSR count). The van der Waals surface area contributed by atoms with Gasteiger partial charge in [0.25, 0.3) is 5.91 Å². The third kappa shape index (κ3) is 3.25. The number of thiazole rings is 1. The highest BCUT2D eigenvalue weighted by molar-refractivity contribution is 7.17. The van der Waals surface area contributed by atoms with Gasteiger partial charge in [0.05, 0.1) is 5.69 Å². The zero-order chi connectivity index (χ0) is 16.6. The topological polar surface area (TPSA) is 45.2 Å². The summed E-state index contributed by atoms with van der Waals surface area (Å²) in [6.07, 6.45) is 0. The predicted molar refractivity (Wildman–Crippen MR) is 85.6 cm³/mol. The molecule has 0 unspecified atom stereocenters. The van der Waals surface area contributed by atoms with Crippen molar-refractivity contribution in [2.24, 2.45) is 0 Å². The molecule has 1 aliphatic heterocycles. The minimum Gasteiger partial charge on any atom is -0.335 e. The van der Waals surface area contributed by atoms with Gasteiger partial charge in [-0.1, -0.05) is 0 Å². The van der Waals surface area contributed by atoms with E-state index >= 15 is 0 Å². The third-order valence-corrected chi connectivity index (χ3v) is 5.01. The molecule has 0 aliphatic carbocycles. The highest BCUT2D eigenvalue weighted by atomic mass is 32.1. The van der Waals surface area contributed by atoms with Crippen LogP contribution in [0.25, 0.3) is 10.6 Å². The van der Waals surface area contributed by atoms with E-state index in [4.69, 9.17) is 0 Å². The maximum atomic E-state index is 13.4. The summed E-state index contributed by atoms with van der Waals surface area (Å²) in [4.78, 5) is 19.4. The second kappa shape index (κ2) is 6.33. The molecule has 1 aromatic heterocycles. The van der Waals surface area contributed by atoms with E-state index in [0.717, 1.165) is 18.7 Å². The summed E-state index contributed by atoms with van der Waals surface area (Å²) in [6.45, 7) is 5.86. The van der Waals surface area contributed by atoms with Crippen LogP contribution in [-0.4, -0.2) is 41.5 Å². The van der Waals surface area contributed by atoms with Crippen molar-refractivity contribution >= 4 is 17.2 Å². The smallest absolute Gasteiger partial charge is 0.265 e. The lowest BCUT2D eigenvalue weighted by Gasteiger charge is -2.31. The predicted octanol–water partition coefficient (Wildman–Crippen LogP) is 2.83. The highest BCUT2D eigenvalue weighted by Crippen LogP contribution is 2.30. The van der Waals surface area contributed by atoms with Gasteiger partial charge in [-0.2, -0.15) is 0 Å². The Morgan fingerprint density at radius 2 is 2.17 bits per heavy atom. The molecule has 0 spiro atoms. The molecule has 1 saturated heterocycles. The average molecular weight is 337 g/mol. The fraction of sp³-hybridized carbons (Fsp3) is 0.375. The van der Waals surface area contributed by atoms with Crippen molar-refractivity contribution in [3.63, 3.8) is 0 Å². The Labute approximate surface area is 137 Å². The number of halogens is 2. The number of nitrogens with zero attached hydrogens (tertiary/aromatic N) is 2. The van der Waals surface area contributed by atoms with Crippen molar-refractivity contribution < 1.29 is 13.6 Å². The maximum Gasteiger partial charge on any atom is 0.265 e. The summed E-state index contributed by atoms with van der Waals surface area (Å²) in [5, 5.41) is 3.81. The van der Waals surface area contributed by atoms with Crippen molar-refractivity contribution in [3.8, 4) is 10.6 Å². The van der Waals surface area contributed by atoms with Gasteiger partial charge in [-0.05, 0) is 32.0 Å². The van der Waals surface area contributed by atoms with Gasteiger partial charge in [-0.25, -0.2) is 13.8 Å². The van der Waals surface area contributed by atoms with Gasteiger partial charge in [-0.15, -0.1) is 11.3 Å². The summed E-state index contributed by atoms with van der Waals surface area (Å²) in [5.74, 6) is -1.87. The van der Waals surface area contributed by atoms with E-state index in [0.29, 0.717) is 34.2 Å². The standard InChI is InChI=1S/C16H17F2N3OS/c1-9-8-21(6-5-19-9)16(22)14-10(2)20-15(23-14)11-3-4-12(17)13(18)7-11/h3-4,7,9,19H,5-6,8H2,1-2H3/t9-/m1/s1. The molecule has 1 aliphatic rings. The van der Waals surface area contributed by atoms with Crippen LogP contribution in [0.5, 0.6) is 0 Å². The Hall–Kier alpha value is -1.86. The van der Waals surface area contributed by atoms with Gasteiger partial charge in [0, 0.05) is 31.2 Å². The second-order valence-electron chi connectivity index (χ2n) is 5.67. The number of piperazine rings is 1. The number of carbonyl (C=O) groups excluding carboxylic acids is 1. The average Bonchev–Trinajstić information content (AvgIpc) is 2.91. The zero-order valence-electron chi connectivity index (χ0n) is 12.9. The van der Waals surface area contributed by atoms with Crippen LogP contribution in [0, 0.1) is 18.6 Å². The van der Waals surface area contributed by atoms with E-state index in [1.807, 2.05) is 6.92 Å². The third-order valence-electron chi connectivity index (χ3n) is 3.81. The van der Waals surface area contributed by atoms with E-state index in [9.17, 15) is 13.6 Å². The SMILES string of the molecule is Cc1nc(-c2ccc(F)c(F)c2)sc1C(=O)N1CCN[C@H](C)C1. The van der Waals surface area contributed by atoms with Gasteiger partial charge in [0.15, 0.2) is 11.6 Å². The molecule has 1 aromatic carbocycles. The molecule has 4 nitrogen and oxygen atoms in total. The van der Waals surface area contributed by atoms with Crippen LogP contribution in [0.15, 0.2) is 18.2 Å². The molecule has 1 atom stereocenters. The monoisotopic (exact) mass is 337 g/mol. The summed E-state index contributed by atoms with van der Waals surface area (Å²) >= 11 is 1.22. The quantitative estimate of drug-likeness (QED) is 0.916. The Bertz CT molecular complexity index is 747. The van der Waals surface area contributed by atoms with E-state index in [1.165, 1.54) is 17.4 Å². The fourth-order valence-electron chi connectivity index (χ4n) is 2.61. The van der Waals surface area contributed by atoms with Crippen LogP contribution in [0.2, 0.25) is 0 Å². The van der Waals surface area contributed by atoms with Gasteiger partial charge < -0.3 is 10.2 Å². The molecule has 0 saturated carbocycles. The van der Waals surface area contributed by atoms with Gasteiger partial charge in [0.2, 0.25) is 0 Å². The number of nitrogens with one attached hydrogen (secondary N) is 1. The molecule has 0 radical (unpaired) electrons. The molecular weight excluding hydrogens is 320 g/mol. The molecule has 7 heteroatoms. The normalized spacial score (nSPS) is 18.3. The van der Waals surface area contributed by atoms with E-state index < -0.39 is 11.6 Å². The van der Waals surface area contributed by atoms with Crippen LogP contribution >= 0.6 is 11.3 Å². The Balaban J connectivity index is 1.88. The zero-order valence-corrected chi connectivity index (χ0v) is 13.7. The number of aryl methyl sites for hydroxylation is 1. The van der Waals surface area contributed by atoms with Crippen molar-refractivity contribution in [1.29, 1.82) is 0 Å². The maximum absolute atomic E-state index is 13.4. The van der Waals surface area contributed by atoms with E-state index in [-0.39, 0.29) is 11.9 Å². The van der Waals surface area contributed by atoms with Crippen molar-refractivity contribution in [2.75, 3.05) is 19.6 Å². The first-order chi connectivity index (χ1) is 11.0. The molecule has 1 N–H and O–H groups in total. The number of hydrogen-bond acceptors (Lipinski definition) is 4. The van der Waals surface area contributed by atoms with E-state index in [1.54, 1.807) is 11.8 Å². The number of hydrogen-bond donors (Lipinski definition) is 1. The molecule has 0 bridgehead atoms. The fourth-order valence-corrected chi connectivity index (χ4v) is 3.64. The minimum atomic E-state index is -0.917. The van der Waals surface area contributed by atoms with Gasteiger partial charge in [0.1, 0.15) is 9.88 Å². The number of benzene rings is 1. The molecule has 1 fully saturated rings. The first kappa shape index (κ1) is 16.0. The molecule has 2 aromatic rings. The largest absolute Gasteiger partial charge is 0.335 e. The first-order valence-electron chi connectivity index (χ1n) is 7.41. The number of aromatic nitrogens is 1. The molecule has 23 heavy (non-hydrogen) atoms. The lowest BCUT2D eigenvalue weighted by molar-refractivity contribution is 0.0713. The van der Waals surface area contributed by atoms with Gasteiger partial charge in [-0.3, -0.25) is 4.79 Å². The van der Waals surface area contributed by atoms with Crippen molar-refractivity contribution in [3.05, 3.63) is 40.4 Å².